The molecule has 0 fully saturated rings. The number of hydrogen-bond donors (Lipinski definition) is 2. The van der Waals surface area contributed by atoms with Crippen LogP contribution >= 0.6 is 11.8 Å². The third kappa shape index (κ3) is 4.98. The van der Waals surface area contributed by atoms with Gasteiger partial charge in [-0.15, -0.1) is 10.2 Å². The maximum atomic E-state index is 12.1. The number of urea groups is 1. The number of nitrogens with zero attached hydrogens (tertiary/aromatic N) is 3. The molecule has 0 unspecified atom stereocenters. The zero-order chi connectivity index (χ0) is 19.2. The molecule has 0 bridgehead atoms. The number of anilines is 1. The van der Waals surface area contributed by atoms with Crippen LogP contribution in [0, 0.1) is 13.8 Å². The van der Waals surface area contributed by atoms with Gasteiger partial charge in [0.15, 0.2) is 5.16 Å². The highest BCUT2D eigenvalue weighted by atomic mass is 32.2. The highest BCUT2D eigenvalue weighted by Crippen LogP contribution is 2.18. The zero-order valence-electron chi connectivity index (χ0n) is 14.9. The molecule has 0 atom stereocenters. The smallest absolute Gasteiger partial charge is 0.325 e. The van der Waals surface area contributed by atoms with Gasteiger partial charge in [0.05, 0.1) is 18.6 Å². The van der Waals surface area contributed by atoms with E-state index in [1.54, 1.807) is 29.3 Å². The number of benzene rings is 1. The van der Waals surface area contributed by atoms with Crippen molar-refractivity contribution in [2.24, 2.45) is 0 Å². The number of carbonyl (C=O) groups is 2. The third-order valence-electron chi connectivity index (χ3n) is 3.92. The minimum absolute atomic E-state index is 0.0388. The van der Waals surface area contributed by atoms with E-state index in [9.17, 15) is 9.59 Å². The molecule has 140 valence electrons. The Bertz CT molecular complexity index is 936. The summed E-state index contributed by atoms with van der Waals surface area (Å²) in [6.07, 6.45) is 3.16. The van der Waals surface area contributed by atoms with Gasteiger partial charge in [0.1, 0.15) is 12.1 Å². The highest BCUT2D eigenvalue weighted by Gasteiger charge is 2.13. The Morgan fingerprint density at radius 2 is 2.07 bits per heavy atom. The molecule has 2 N–H and O–H groups in total. The van der Waals surface area contributed by atoms with Gasteiger partial charge in [-0.3, -0.25) is 10.1 Å². The van der Waals surface area contributed by atoms with E-state index in [2.05, 4.69) is 20.8 Å². The number of aryl methyl sites for hydroxylation is 1. The summed E-state index contributed by atoms with van der Waals surface area (Å²) in [5, 5.41) is 13.4. The maximum Gasteiger partial charge on any atom is 0.325 e. The largest absolute Gasteiger partial charge is 0.467 e. The Hall–Kier alpha value is -3.07. The molecule has 8 nitrogen and oxygen atoms in total. The fourth-order valence-corrected chi connectivity index (χ4v) is 3.08. The Kier molecular flexibility index (Phi) is 5.92. The average molecular weight is 385 g/mol. The monoisotopic (exact) mass is 385 g/mol. The summed E-state index contributed by atoms with van der Waals surface area (Å²) < 4.78 is 7.07. The quantitative estimate of drug-likeness (QED) is 0.633. The minimum atomic E-state index is -0.564. The first-order chi connectivity index (χ1) is 13.0. The van der Waals surface area contributed by atoms with Crippen molar-refractivity contribution in [2.75, 3.05) is 11.1 Å². The van der Waals surface area contributed by atoms with Crippen LogP contribution in [0.3, 0.4) is 0 Å². The van der Waals surface area contributed by atoms with E-state index in [4.69, 9.17) is 4.42 Å². The number of aromatic nitrogens is 3. The molecule has 0 radical (unpaired) electrons. The molecule has 27 heavy (non-hydrogen) atoms. The second-order valence-corrected chi connectivity index (χ2v) is 6.80. The van der Waals surface area contributed by atoms with Crippen molar-refractivity contribution in [3.63, 3.8) is 0 Å². The SMILES string of the molecule is Cc1cccc(NC(=O)NC(=O)CSc2nncn2Cc2ccco2)c1C. The average Bonchev–Trinajstić information content (AvgIpc) is 3.29. The lowest BCUT2D eigenvalue weighted by atomic mass is 10.1. The lowest BCUT2D eigenvalue weighted by Gasteiger charge is -2.10. The van der Waals surface area contributed by atoms with E-state index in [-0.39, 0.29) is 5.75 Å². The molecule has 0 saturated heterocycles. The first kappa shape index (κ1) is 18.7. The molecule has 0 spiro atoms. The predicted octanol–water partition coefficient (Wildman–Crippen LogP) is 2.98. The van der Waals surface area contributed by atoms with Crippen molar-refractivity contribution < 1.29 is 14.0 Å². The van der Waals surface area contributed by atoms with Gasteiger partial charge >= 0.3 is 6.03 Å². The van der Waals surface area contributed by atoms with Crippen LogP contribution in [0.2, 0.25) is 0 Å². The maximum absolute atomic E-state index is 12.1. The standard InChI is InChI=1S/C18H19N5O3S/c1-12-5-3-7-15(13(12)2)20-17(25)21-16(24)10-27-18-22-19-11-23(18)9-14-6-4-8-26-14/h3-8,11H,9-10H2,1-2H3,(H2,20,21,24,25). The van der Waals surface area contributed by atoms with Crippen molar-refractivity contribution in [3.05, 3.63) is 59.8 Å². The second-order valence-electron chi connectivity index (χ2n) is 5.86. The summed E-state index contributed by atoms with van der Waals surface area (Å²) >= 11 is 1.19. The lowest BCUT2D eigenvalue weighted by Crippen LogP contribution is -2.35. The van der Waals surface area contributed by atoms with Gasteiger partial charge in [-0.05, 0) is 43.2 Å². The molecule has 1 aromatic carbocycles. The van der Waals surface area contributed by atoms with Crippen LogP contribution in [-0.4, -0.2) is 32.5 Å². The molecular weight excluding hydrogens is 366 g/mol. The second kappa shape index (κ2) is 8.54. The van der Waals surface area contributed by atoms with Crippen LogP contribution in [0.4, 0.5) is 10.5 Å². The minimum Gasteiger partial charge on any atom is -0.467 e. The van der Waals surface area contributed by atoms with Gasteiger partial charge in [0.25, 0.3) is 0 Å². The van der Waals surface area contributed by atoms with Gasteiger partial charge in [0, 0.05) is 5.69 Å². The van der Waals surface area contributed by atoms with E-state index in [0.717, 1.165) is 16.9 Å². The van der Waals surface area contributed by atoms with Gasteiger partial charge in [-0.25, -0.2) is 4.79 Å². The molecule has 0 aliphatic rings. The van der Waals surface area contributed by atoms with Crippen LogP contribution in [0.5, 0.6) is 0 Å². The number of furan rings is 1. The molecule has 2 aromatic heterocycles. The Morgan fingerprint density at radius 3 is 2.85 bits per heavy atom. The third-order valence-corrected chi connectivity index (χ3v) is 4.91. The number of imide groups is 1. The number of nitrogens with one attached hydrogen (secondary N) is 2. The van der Waals surface area contributed by atoms with Crippen LogP contribution in [0.25, 0.3) is 0 Å². The number of thioether (sulfide) groups is 1. The first-order valence-electron chi connectivity index (χ1n) is 8.23. The van der Waals surface area contributed by atoms with E-state index in [1.165, 1.54) is 11.8 Å². The fraction of sp³-hybridized carbons (Fsp3) is 0.222. The Morgan fingerprint density at radius 1 is 1.22 bits per heavy atom. The fourth-order valence-electron chi connectivity index (χ4n) is 2.37. The molecular formula is C18H19N5O3S. The van der Waals surface area contributed by atoms with E-state index >= 15 is 0 Å². The molecule has 9 heteroatoms. The van der Waals surface area contributed by atoms with Crippen molar-refractivity contribution in [1.29, 1.82) is 0 Å². The molecule has 0 aliphatic carbocycles. The zero-order valence-corrected chi connectivity index (χ0v) is 15.7. The van der Waals surface area contributed by atoms with Crippen LogP contribution < -0.4 is 10.6 Å². The summed E-state index contributed by atoms with van der Waals surface area (Å²) in [4.78, 5) is 24.1. The van der Waals surface area contributed by atoms with Crippen LogP contribution in [0.15, 0.2) is 52.5 Å². The predicted molar refractivity (Wildman–Crippen MR) is 102 cm³/mol. The van der Waals surface area contributed by atoms with Crippen LogP contribution in [-0.2, 0) is 11.3 Å². The topological polar surface area (TPSA) is 102 Å². The van der Waals surface area contributed by atoms with E-state index in [0.29, 0.717) is 17.4 Å². The summed E-state index contributed by atoms with van der Waals surface area (Å²) in [6, 6.07) is 8.68. The summed E-state index contributed by atoms with van der Waals surface area (Å²) in [5.74, 6) is 0.376. The Labute approximate surface area is 160 Å². The number of hydrogen-bond acceptors (Lipinski definition) is 6. The lowest BCUT2D eigenvalue weighted by molar-refractivity contribution is -0.117. The number of carbonyl (C=O) groups excluding carboxylic acids is 2. The summed E-state index contributed by atoms with van der Waals surface area (Å²) in [7, 11) is 0. The van der Waals surface area contributed by atoms with E-state index in [1.807, 2.05) is 32.0 Å². The van der Waals surface area contributed by atoms with Crippen molar-refractivity contribution in [3.8, 4) is 0 Å². The van der Waals surface area contributed by atoms with Gasteiger partial charge in [-0.1, -0.05) is 23.9 Å². The highest BCUT2D eigenvalue weighted by molar-refractivity contribution is 7.99. The van der Waals surface area contributed by atoms with Gasteiger partial charge in [0.2, 0.25) is 5.91 Å². The van der Waals surface area contributed by atoms with Crippen molar-refractivity contribution >= 4 is 29.4 Å². The summed E-state index contributed by atoms with van der Waals surface area (Å²) in [6.45, 7) is 4.34. The van der Waals surface area contributed by atoms with Crippen molar-refractivity contribution in [2.45, 2.75) is 25.5 Å². The number of amides is 3. The molecule has 0 aliphatic heterocycles. The molecule has 3 aromatic rings. The number of rotatable bonds is 6. The molecule has 2 heterocycles. The normalized spacial score (nSPS) is 10.6. The van der Waals surface area contributed by atoms with Crippen molar-refractivity contribution in [1.82, 2.24) is 20.1 Å². The Balaban J connectivity index is 1.51. The first-order valence-corrected chi connectivity index (χ1v) is 9.21. The van der Waals surface area contributed by atoms with E-state index < -0.39 is 11.9 Å². The van der Waals surface area contributed by atoms with Gasteiger partial charge in [-0.2, -0.15) is 0 Å². The summed E-state index contributed by atoms with van der Waals surface area (Å²) in [5.41, 5.74) is 2.69. The molecule has 3 rings (SSSR count). The molecule has 0 saturated carbocycles. The van der Waals surface area contributed by atoms with Crippen LogP contribution in [0.1, 0.15) is 16.9 Å². The van der Waals surface area contributed by atoms with Gasteiger partial charge < -0.3 is 14.3 Å². The molecule has 3 amide bonds.